The number of cyclic esters (lactones) is 1. The lowest BCUT2D eigenvalue weighted by Crippen LogP contribution is -2.06. The number of benzene rings is 3. The van der Waals surface area contributed by atoms with E-state index in [-0.39, 0.29) is 5.70 Å². The van der Waals surface area contributed by atoms with Crippen LogP contribution in [-0.2, 0) is 16.1 Å². The van der Waals surface area contributed by atoms with Gasteiger partial charge in [-0.1, -0.05) is 48.0 Å². The first-order chi connectivity index (χ1) is 14.9. The Labute approximate surface area is 212 Å². The lowest BCUT2D eigenvalue weighted by molar-refractivity contribution is -0.129. The summed E-state index contributed by atoms with van der Waals surface area (Å²) in [5, 5.41) is 0.677. The number of hydrogen-bond donors (Lipinski definition) is 0. The van der Waals surface area contributed by atoms with Crippen molar-refractivity contribution in [1.29, 1.82) is 0 Å². The van der Waals surface area contributed by atoms with E-state index in [1.54, 1.807) is 6.08 Å². The van der Waals surface area contributed by atoms with Crippen molar-refractivity contribution in [1.82, 2.24) is 0 Å². The predicted octanol–water partition coefficient (Wildman–Crippen LogP) is 6.78. The maximum absolute atomic E-state index is 12.4. The van der Waals surface area contributed by atoms with Gasteiger partial charge in [-0.25, -0.2) is 9.79 Å². The minimum absolute atomic E-state index is 0.273. The molecule has 156 valence electrons. The van der Waals surface area contributed by atoms with Crippen molar-refractivity contribution >= 4 is 74.7 Å². The number of halogens is 3. The number of aryl methyl sites for hydroxylation is 1. The molecule has 0 aliphatic carbocycles. The summed E-state index contributed by atoms with van der Waals surface area (Å²) in [5.74, 6) is 0.655. The van der Waals surface area contributed by atoms with Crippen LogP contribution >= 0.6 is 56.8 Å². The standard InChI is InChI=1S/C24H16ClI2NO3/c1-14-6-2-4-8-17(14)23-28-21(24(29)31-23)12-15-10-19(26)22(20(27)11-15)30-13-16-7-3-5-9-18(16)25/h2-12H,13H2,1H3/b21-12-. The number of carbonyl (C=O) groups excluding carboxylic acids is 1. The van der Waals surface area contributed by atoms with Crippen LogP contribution < -0.4 is 4.74 Å². The maximum Gasteiger partial charge on any atom is 0.363 e. The zero-order valence-electron chi connectivity index (χ0n) is 16.4. The Bertz CT molecular complexity index is 1210. The van der Waals surface area contributed by atoms with Crippen LogP contribution in [0.15, 0.2) is 71.4 Å². The van der Waals surface area contributed by atoms with Gasteiger partial charge in [-0.3, -0.25) is 0 Å². The van der Waals surface area contributed by atoms with Gasteiger partial charge in [0.2, 0.25) is 5.90 Å². The molecule has 0 aromatic heterocycles. The van der Waals surface area contributed by atoms with E-state index in [4.69, 9.17) is 21.1 Å². The van der Waals surface area contributed by atoms with Crippen molar-refractivity contribution in [3.63, 3.8) is 0 Å². The highest BCUT2D eigenvalue weighted by Crippen LogP contribution is 2.32. The molecule has 4 nitrogen and oxygen atoms in total. The molecule has 3 aromatic carbocycles. The van der Waals surface area contributed by atoms with E-state index in [9.17, 15) is 4.79 Å². The molecule has 0 N–H and O–H groups in total. The average molecular weight is 656 g/mol. The highest BCUT2D eigenvalue weighted by molar-refractivity contribution is 14.1. The first-order valence-corrected chi connectivity index (χ1v) is 11.9. The second-order valence-electron chi connectivity index (χ2n) is 6.84. The molecular weight excluding hydrogens is 640 g/mol. The van der Waals surface area contributed by atoms with E-state index in [0.29, 0.717) is 17.5 Å². The molecule has 0 saturated heterocycles. The lowest BCUT2D eigenvalue weighted by Gasteiger charge is -2.12. The predicted molar refractivity (Wildman–Crippen MR) is 139 cm³/mol. The van der Waals surface area contributed by atoms with Crippen molar-refractivity contribution in [2.24, 2.45) is 4.99 Å². The van der Waals surface area contributed by atoms with Crippen molar-refractivity contribution in [2.45, 2.75) is 13.5 Å². The molecule has 0 atom stereocenters. The smallest absolute Gasteiger partial charge is 0.363 e. The summed E-state index contributed by atoms with van der Waals surface area (Å²) >= 11 is 10.7. The van der Waals surface area contributed by atoms with Crippen LogP contribution in [0.25, 0.3) is 6.08 Å². The molecule has 0 amide bonds. The van der Waals surface area contributed by atoms with E-state index in [0.717, 1.165) is 35.1 Å². The fourth-order valence-electron chi connectivity index (χ4n) is 3.06. The highest BCUT2D eigenvalue weighted by Gasteiger charge is 2.25. The molecule has 0 unspecified atom stereocenters. The molecule has 0 fully saturated rings. The Hall–Kier alpha value is -1.91. The summed E-state index contributed by atoms with van der Waals surface area (Å²) in [6.45, 7) is 2.34. The molecular formula is C24H16ClI2NO3. The summed E-state index contributed by atoms with van der Waals surface area (Å²) in [5.41, 5.74) is 3.86. The Balaban J connectivity index is 1.58. The van der Waals surface area contributed by atoms with Crippen LogP contribution in [0.4, 0.5) is 0 Å². The fourth-order valence-corrected chi connectivity index (χ4v) is 5.38. The zero-order valence-corrected chi connectivity index (χ0v) is 21.4. The second kappa shape index (κ2) is 9.70. The van der Waals surface area contributed by atoms with Gasteiger partial charge in [-0.15, -0.1) is 0 Å². The first-order valence-electron chi connectivity index (χ1n) is 9.36. The molecule has 0 radical (unpaired) electrons. The summed E-state index contributed by atoms with van der Waals surface area (Å²) in [4.78, 5) is 16.8. The highest BCUT2D eigenvalue weighted by atomic mass is 127. The third-order valence-corrected chi connectivity index (χ3v) is 6.62. The van der Waals surface area contributed by atoms with E-state index in [1.807, 2.05) is 67.6 Å². The van der Waals surface area contributed by atoms with Gasteiger partial charge in [-0.2, -0.15) is 0 Å². The summed E-state index contributed by atoms with van der Waals surface area (Å²) in [6.07, 6.45) is 1.73. The Morgan fingerprint density at radius 2 is 1.74 bits per heavy atom. The number of hydrogen-bond acceptors (Lipinski definition) is 4. The van der Waals surface area contributed by atoms with Gasteiger partial charge >= 0.3 is 5.97 Å². The number of rotatable bonds is 5. The number of esters is 1. The van der Waals surface area contributed by atoms with Gasteiger partial charge in [0.1, 0.15) is 12.4 Å². The minimum atomic E-state index is -0.456. The molecule has 1 aliphatic rings. The maximum atomic E-state index is 12.4. The number of ether oxygens (including phenoxy) is 2. The second-order valence-corrected chi connectivity index (χ2v) is 9.58. The fraction of sp³-hybridized carbons (Fsp3) is 0.0833. The van der Waals surface area contributed by atoms with E-state index in [1.165, 1.54) is 0 Å². The summed E-state index contributed by atoms with van der Waals surface area (Å²) in [7, 11) is 0. The van der Waals surface area contributed by atoms with Crippen LogP contribution in [0.5, 0.6) is 5.75 Å². The van der Waals surface area contributed by atoms with E-state index in [2.05, 4.69) is 50.2 Å². The molecule has 0 bridgehead atoms. The SMILES string of the molecule is Cc1ccccc1C1=N/C(=C\c2cc(I)c(OCc3ccccc3Cl)c(I)c2)C(=O)O1. The first kappa shape index (κ1) is 22.3. The third kappa shape index (κ3) is 5.12. The van der Waals surface area contributed by atoms with Gasteiger partial charge in [0.15, 0.2) is 5.70 Å². The lowest BCUT2D eigenvalue weighted by atomic mass is 10.1. The summed E-state index contributed by atoms with van der Waals surface area (Å²) in [6, 6.07) is 19.2. The van der Waals surface area contributed by atoms with Gasteiger partial charge in [0, 0.05) is 16.1 Å². The molecule has 3 aromatic rings. The van der Waals surface area contributed by atoms with Crippen LogP contribution in [0.3, 0.4) is 0 Å². The molecule has 0 saturated carbocycles. The third-order valence-electron chi connectivity index (χ3n) is 4.65. The molecule has 7 heteroatoms. The van der Waals surface area contributed by atoms with E-state index >= 15 is 0 Å². The minimum Gasteiger partial charge on any atom is -0.487 e. The monoisotopic (exact) mass is 655 g/mol. The molecule has 4 rings (SSSR count). The largest absolute Gasteiger partial charge is 0.487 e. The Kier molecular flexibility index (Phi) is 6.98. The van der Waals surface area contributed by atoms with Gasteiger partial charge in [-0.05, 0) is 93.6 Å². The molecule has 31 heavy (non-hydrogen) atoms. The van der Waals surface area contributed by atoms with Gasteiger partial charge in [0.05, 0.1) is 7.14 Å². The molecule has 0 spiro atoms. The topological polar surface area (TPSA) is 47.9 Å². The zero-order chi connectivity index (χ0) is 22.0. The van der Waals surface area contributed by atoms with Crippen LogP contribution in [0.1, 0.15) is 22.3 Å². The number of aliphatic imine (C=N–C) groups is 1. The van der Waals surface area contributed by atoms with Gasteiger partial charge in [0.25, 0.3) is 0 Å². The van der Waals surface area contributed by atoms with Crippen LogP contribution in [0.2, 0.25) is 5.02 Å². The average Bonchev–Trinajstić information content (AvgIpc) is 3.09. The van der Waals surface area contributed by atoms with Crippen molar-refractivity contribution < 1.29 is 14.3 Å². The molecule has 1 aliphatic heterocycles. The van der Waals surface area contributed by atoms with Crippen molar-refractivity contribution in [3.05, 3.63) is 101 Å². The Morgan fingerprint density at radius 1 is 1.06 bits per heavy atom. The number of nitrogens with zero attached hydrogens (tertiary/aromatic N) is 1. The van der Waals surface area contributed by atoms with Crippen LogP contribution in [0, 0.1) is 14.1 Å². The van der Waals surface area contributed by atoms with Gasteiger partial charge < -0.3 is 9.47 Å². The summed E-state index contributed by atoms with van der Waals surface area (Å²) < 4.78 is 13.3. The van der Waals surface area contributed by atoms with Crippen molar-refractivity contribution in [2.75, 3.05) is 0 Å². The Morgan fingerprint density at radius 3 is 2.45 bits per heavy atom. The molecule has 1 heterocycles. The normalized spacial score (nSPS) is 14.5. The van der Waals surface area contributed by atoms with Crippen LogP contribution in [-0.4, -0.2) is 11.9 Å². The van der Waals surface area contributed by atoms with Crippen molar-refractivity contribution in [3.8, 4) is 5.75 Å². The number of carbonyl (C=O) groups is 1. The quantitative estimate of drug-likeness (QED) is 0.173. The van der Waals surface area contributed by atoms with E-state index < -0.39 is 5.97 Å².